The lowest BCUT2D eigenvalue weighted by Crippen LogP contribution is -2.29. The first-order valence-electron chi connectivity index (χ1n) is 8.44. The van der Waals surface area contributed by atoms with Crippen molar-refractivity contribution in [2.45, 2.75) is 18.8 Å². The standard InChI is InChI=1S/C17H21ClF3N5O3/c1-25(2)8-13(27)9-26-7-12(6-22-26)23-16(28)24-14-4-3-11(18)5-15(14)29-10-17(19,20)21/h3-7,13,27H,8-10H2,1-2H3,(H2,23,24,28). The highest BCUT2D eigenvalue weighted by Gasteiger charge is 2.29. The normalized spacial score (nSPS) is 12.7. The van der Waals surface area contributed by atoms with E-state index in [0.717, 1.165) is 0 Å². The van der Waals surface area contributed by atoms with Gasteiger partial charge in [-0.2, -0.15) is 18.3 Å². The van der Waals surface area contributed by atoms with Crippen molar-refractivity contribution in [3.8, 4) is 5.75 Å². The van der Waals surface area contributed by atoms with Crippen LogP contribution in [0.1, 0.15) is 0 Å². The maximum absolute atomic E-state index is 12.4. The Morgan fingerprint density at radius 3 is 2.76 bits per heavy atom. The number of hydrogen-bond acceptors (Lipinski definition) is 5. The van der Waals surface area contributed by atoms with E-state index in [-0.39, 0.29) is 23.0 Å². The summed E-state index contributed by atoms with van der Waals surface area (Å²) < 4.78 is 43.4. The van der Waals surface area contributed by atoms with Gasteiger partial charge in [-0.25, -0.2) is 4.79 Å². The van der Waals surface area contributed by atoms with Crippen molar-refractivity contribution in [3.63, 3.8) is 0 Å². The number of aliphatic hydroxyl groups is 1. The van der Waals surface area contributed by atoms with E-state index in [4.69, 9.17) is 16.3 Å². The predicted octanol–water partition coefficient (Wildman–Crippen LogP) is 3.04. The third-order valence-corrected chi connectivity index (χ3v) is 3.68. The molecule has 1 aromatic carbocycles. The number of halogens is 4. The number of urea groups is 1. The summed E-state index contributed by atoms with van der Waals surface area (Å²) in [5.41, 5.74) is 0.358. The van der Waals surface area contributed by atoms with Crippen LogP contribution in [0.4, 0.5) is 29.3 Å². The molecular weight excluding hydrogens is 415 g/mol. The highest BCUT2D eigenvalue weighted by atomic mass is 35.5. The zero-order valence-electron chi connectivity index (χ0n) is 15.7. The number of ether oxygens (including phenoxy) is 1. The minimum absolute atomic E-state index is 0.0185. The third kappa shape index (κ3) is 8.18. The van der Waals surface area contributed by atoms with Crippen molar-refractivity contribution in [3.05, 3.63) is 35.6 Å². The van der Waals surface area contributed by atoms with E-state index >= 15 is 0 Å². The Kier molecular flexibility index (Phi) is 7.71. The summed E-state index contributed by atoms with van der Waals surface area (Å²) in [6, 6.07) is 3.20. The maximum atomic E-state index is 12.4. The van der Waals surface area contributed by atoms with Crippen molar-refractivity contribution >= 4 is 29.0 Å². The summed E-state index contributed by atoms with van der Waals surface area (Å²) in [5.74, 6) is -0.215. The number of nitrogens with zero attached hydrogens (tertiary/aromatic N) is 3. The Labute approximate surface area is 170 Å². The highest BCUT2D eigenvalue weighted by Crippen LogP contribution is 2.30. The smallest absolute Gasteiger partial charge is 0.422 e. The average molecular weight is 436 g/mol. The molecule has 160 valence electrons. The second-order valence-electron chi connectivity index (χ2n) is 6.49. The van der Waals surface area contributed by atoms with Crippen molar-refractivity contribution < 1.29 is 27.8 Å². The molecule has 0 aliphatic heterocycles. The summed E-state index contributed by atoms with van der Waals surface area (Å²) in [7, 11) is 3.65. The second-order valence-corrected chi connectivity index (χ2v) is 6.93. The van der Waals surface area contributed by atoms with Gasteiger partial charge >= 0.3 is 12.2 Å². The van der Waals surface area contributed by atoms with Gasteiger partial charge in [0.1, 0.15) is 5.75 Å². The number of anilines is 2. The first kappa shape index (κ1) is 22.8. The average Bonchev–Trinajstić information content (AvgIpc) is 3.00. The minimum Gasteiger partial charge on any atom is -0.482 e. The fourth-order valence-corrected chi connectivity index (χ4v) is 2.55. The second kappa shape index (κ2) is 9.81. The number of carbonyl (C=O) groups is 1. The van der Waals surface area contributed by atoms with Crippen molar-refractivity contribution in [1.29, 1.82) is 0 Å². The molecule has 0 fully saturated rings. The lowest BCUT2D eigenvalue weighted by Gasteiger charge is -2.15. The van der Waals surface area contributed by atoms with Gasteiger partial charge in [0.25, 0.3) is 0 Å². The van der Waals surface area contributed by atoms with Gasteiger partial charge in [-0.05, 0) is 26.2 Å². The van der Waals surface area contributed by atoms with Crippen LogP contribution in [0.3, 0.4) is 0 Å². The van der Waals surface area contributed by atoms with Crippen LogP contribution in [0, 0.1) is 0 Å². The molecule has 1 unspecified atom stereocenters. The van der Waals surface area contributed by atoms with Crippen LogP contribution in [0.15, 0.2) is 30.6 Å². The van der Waals surface area contributed by atoms with Gasteiger partial charge < -0.3 is 25.4 Å². The molecule has 29 heavy (non-hydrogen) atoms. The zero-order valence-corrected chi connectivity index (χ0v) is 16.5. The number of carbonyl (C=O) groups excluding carboxylic acids is 1. The molecule has 2 aromatic rings. The summed E-state index contributed by atoms with van der Waals surface area (Å²) in [6.07, 6.45) is -2.28. The van der Waals surface area contributed by atoms with Crippen LogP contribution in [0.5, 0.6) is 5.75 Å². The van der Waals surface area contributed by atoms with Crippen LogP contribution in [0.25, 0.3) is 0 Å². The van der Waals surface area contributed by atoms with Gasteiger partial charge in [0.15, 0.2) is 6.61 Å². The van der Waals surface area contributed by atoms with Crippen LogP contribution in [0.2, 0.25) is 5.02 Å². The highest BCUT2D eigenvalue weighted by molar-refractivity contribution is 6.30. The number of aliphatic hydroxyl groups excluding tert-OH is 1. The van der Waals surface area contributed by atoms with E-state index < -0.39 is 24.9 Å². The molecule has 1 aromatic heterocycles. The first-order chi connectivity index (χ1) is 13.5. The topological polar surface area (TPSA) is 91.7 Å². The molecule has 8 nitrogen and oxygen atoms in total. The molecule has 12 heteroatoms. The fourth-order valence-electron chi connectivity index (χ4n) is 2.39. The fraction of sp³-hybridized carbons (Fsp3) is 0.412. The first-order valence-corrected chi connectivity index (χ1v) is 8.82. The summed E-state index contributed by atoms with van der Waals surface area (Å²) >= 11 is 5.78. The third-order valence-electron chi connectivity index (χ3n) is 3.45. The van der Waals surface area contributed by atoms with Gasteiger partial charge in [0.2, 0.25) is 0 Å². The molecule has 0 saturated carbocycles. The van der Waals surface area contributed by atoms with Crippen LogP contribution < -0.4 is 15.4 Å². The lowest BCUT2D eigenvalue weighted by atomic mass is 10.3. The molecule has 0 aliphatic carbocycles. The maximum Gasteiger partial charge on any atom is 0.422 e. The Hall–Kier alpha value is -2.50. The zero-order chi connectivity index (χ0) is 21.6. The van der Waals surface area contributed by atoms with Crippen LogP contribution in [-0.4, -0.2) is 65.3 Å². The van der Waals surface area contributed by atoms with Gasteiger partial charge in [-0.1, -0.05) is 11.6 Å². The molecule has 0 saturated heterocycles. The molecule has 0 spiro atoms. The lowest BCUT2D eigenvalue weighted by molar-refractivity contribution is -0.153. The molecule has 0 aliphatic rings. The summed E-state index contributed by atoms with van der Waals surface area (Å²) in [4.78, 5) is 14.0. The molecule has 0 radical (unpaired) electrons. The van der Waals surface area contributed by atoms with Crippen LogP contribution in [-0.2, 0) is 6.54 Å². The number of likely N-dealkylation sites (N-methyl/N-ethyl adjacent to an activating group) is 1. The molecule has 2 rings (SSSR count). The molecule has 2 amide bonds. The molecule has 0 bridgehead atoms. The number of alkyl halides is 3. The number of amides is 2. The molecule has 3 N–H and O–H groups in total. The van der Waals surface area contributed by atoms with Crippen LogP contribution >= 0.6 is 11.6 Å². The molecule has 1 heterocycles. The van der Waals surface area contributed by atoms with Gasteiger partial charge in [0, 0.05) is 23.8 Å². The van der Waals surface area contributed by atoms with Crippen molar-refractivity contribution in [2.75, 3.05) is 37.9 Å². The van der Waals surface area contributed by atoms with E-state index in [1.165, 1.54) is 35.3 Å². The van der Waals surface area contributed by atoms with Gasteiger partial charge in [-0.3, -0.25) is 4.68 Å². The van der Waals surface area contributed by atoms with E-state index in [2.05, 4.69) is 15.7 Å². The summed E-state index contributed by atoms with van der Waals surface area (Å²) in [6.45, 7) is -0.847. The molecular formula is C17H21ClF3N5O3. The predicted molar refractivity (Wildman–Crippen MR) is 102 cm³/mol. The number of hydrogen-bond donors (Lipinski definition) is 3. The Balaban J connectivity index is 1.97. The minimum atomic E-state index is -4.53. The number of rotatable bonds is 8. The van der Waals surface area contributed by atoms with E-state index in [1.54, 1.807) is 0 Å². The van der Waals surface area contributed by atoms with Gasteiger partial charge in [-0.15, -0.1) is 0 Å². The Morgan fingerprint density at radius 1 is 1.38 bits per heavy atom. The van der Waals surface area contributed by atoms with E-state index in [1.807, 2.05) is 19.0 Å². The van der Waals surface area contributed by atoms with E-state index in [9.17, 15) is 23.1 Å². The number of nitrogens with one attached hydrogen (secondary N) is 2. The monoisotopic (exact) mass is 435 g/mol. The van der Waals surface area contributed by atoms with Crippen molar-refractivity contribution in [1.82, 2.24) is 14.7 Å². The Morgan fingerprint density at radius 2 is 2.10 bits per heavy atom. The molecule has 1 atom stereocenters. The number of benzene rings is 1. The largest absolute Gasteiger partial charge is 0.482 e. The van der Waals surface area contributed by atoms with E-state index in [0.29, 0.717) is 12.2 Å². The SMILES string of the molecule is CN(C)CC(O)Cn1cc(NC(=O)Nc2ccc(Cl)cc2OCC(F)(F)F)cn1. The quantitative estimate of drug-likeness (QED) is 0.593. The summed E-state index contributed by atoms with van der Waals surface area (Å²) in [5, 5.41) is 19.0. The van der Waals surface area contributed by atoms with Crippen molar-refractivity contribution in [2.24, 2.45) is 0 Å². The van der Waals surface area contributed by atoms with Gasteiger partial charge in [0.05, 0.1) is 30.2 Å². The number of aromatic nitrogens is 2. The Bertz CT molecular complexity index is 829.